The van der Waals surface area contributed by atoms with Gasteiger partial charge in [-0.25, -0.2) is 0 Å². The lowest BCUT2D eigenvalue weighted by atomic mass is 9.81. The number of hydrogen-bond acceptors (Lipinski definition) is 1. The zero-order valence-electron chi connectivity index (χ0n) is 29.0. The van der Waals surface area contributed by atoms with Crippen molar-refractivity contribution in [3.63, 3.8) is 0 Å². The van der Waals surface area contributed by atoms with Crippen LogP contribution in [0, 0.1) is 0 Å². The Morgan fingerprint density at radius 1 is 0.778 bits per heavy atom. The quantitative estimate of drug-likeness (QED) is 0.156. The maximum atomic E-state index is 3.91. The molecule has 0 radical (unpaired) electrons. The number of allylic oxidation sites excluding steroid dienone is 6. The molecule has 0 bridgehead atoms. The summed E-state index contributed by atoms with van der Waals surface area (Å²) in [4.78, 5) is 2.55. The second kappa shape index (κ2) is 16.4. The average molecular weight is 874 g/mol. The molecule has 0 atom stereocenters. The van der Waals surface area contributed by atoms with Crippen LogP contribution in [0.1, 0.15) is 51.7 Å². The van der Waals surface area contributed by atoms with E-state index in [4.69, 9.17) is 0 Å². The van der Waals surface area contributed by atoms with Gasteiger partial charge in [0.25, 0.3) is 0 Å². The van der Waals surface area contributed by atoms with Crippen LogP contribution in [-0.2, 0) is 10.8 Å². The molecule has 2 heterocycles. The number of nitrogens with zero attached hydrogens (tertiary/aromatic N) is 4. The lowest BCUT2D eigenvalue weighted by Crippen LogP contribution is -3.00. The number of quaternary nitrogens is 2. The van der Waals surface area contributed by atoms with Gasteiger partial charge < -0.3 is 64.8 Å². The third-order valence-electron chi connectivity index (χ3n) is 8.82. The van der Waals surface area contributed by atoms with E-state index in [-0.39, 0.29) is 61.8 Å². The molecular formula is C37H54Br4N4. The first-order valence-corrected chi connectivity index (χ1v) is 16.3. The lowest BCUT2D eigenvalue weighted by Gasteiger charge is -2.29. The Morgan fingerprint density at radius 2 is 1.33 bits per heavy atom. The molecule has 0 spiro atoms. The molecule has 0 amide bonds. The van der Waals surface area contributed by atoms with E-state index < -0.39 is 0 Å². The molecular weight excluding hydrogens is 820 g/mol. The molecule has 4 rings (SSSR count). The summed E-state index contributed by atoms with van der Waals surface area (Å²) in [5.74, 6) is 0. The predicted molar refractivity (Wildman–Crippen MR) is 185 cm³/mol. The first kappa shape index (κ1) is 42.0. The maximum absolute atomic E-state index is 3.91. The average Bonchev–Trinajstić information content (AvgIpc) is 3.24. The summed E-state index contributed by atoms with van der Waals surface area (Å²) in [6.45, 7) is 13.8. The van der Waals surface area contributed by atoms with Crippen LogP contribution >= 0.6 is 15.9 Å². The first-order valence-electron chi connectivity index (χ1n) is 15.5. The summed E-state index contributed by atoms with van der Waals surface area (Å²) in [6.07, 6.45) is 11.4. The summed E-state index contributed by atoms with van der Waals surface area (Å²) in [5.41, 5.74) is 8.14. The number of benzene rings is 2. The molecule has 0 aromatic heterocycles. The van der Waals surface area contributed by atoms with Gasteiger partial charge >= 0.3 is 0 Å². The van der Waals surface area contributed by atoms with Gasteiger partial charge in [-0.15, -0.1) is 0 Å². The van der Waals surface area contributed by atoms with Crippen molar-refractivity contribution in [3.05, 3.63) is 94.1 Å². The van der Waals surface area contributed by atoms with Crippen molar-refractivity contribution in [2.24, 2.45) is 0 Å². The number of rotatable bonds is 11. The van der Waals surface area contributed by atoms with Crippen molar-refractivity contribution in [3.8, 4) is 0 Å². The van der Waals surface area contributed by atoms with Gasteiger partial charge in [-0.3, -0.25) is 0 Å². The molecule has 2 aromatic rings. The van der Waals surface area contributed by atoms with E-state index in [0.717, 1.165) is 52.5 Å². The smallest absolute Gasteiger partial charge is 0.209 e. The molecule has 0 unspecified atom stereocenters. The van der Waals surface area contributed by atoms with Gasteiger partial charge in [0.05, 0.1) is 67.2 Å². The number of anilines is 1. The number of fused-ring (bicyclic) bond motifs is 2. The molecule has 0 fully saturated rings. The number of para-hydroxylation sites is 2. The standard InChI is InChI=1S/C37H54BrN4.3BrH/c1-36(2)30-17-11-13-19-32(30)39(25-15-27-41(5,6)7)34(36)23-21-29(38)22-24-35-37(3,4)31-18-12-14-20-33(31)40(35)26-16-28-42(8,9)10;;;/h11-14,17-24H,15-16,25-28H2,1-10H3;3*1H/q+3;;;/p-3. The van der Waals surface area contributed by atoms with Crippen LogP contribution in [0.2, 0.25) is 0 Å². The Morgan fingerprint density at radius 3 is 1.96 bits per heavy atom. The van der Waals surface area contributed by atoms with Crippen LogP contribution in [0.25, 0.3) is 0 Å². The highest BCUT2D eigenvalue weighted by atomic mass is 79.9. The summed E-state index contributed by atoms with van der Waals surface area (Å²) < 4.78 is 5.60. The molecule has 4 nitrogen and oxygen atoms in total. The van der Waals surface area contributed by atoms with E-state index in [1.165, 1.54) is 33.9 Å². The zero-order valence-corrected chi connectivity index (χ0v) is 35.3. The summed E-state index contributed by atoms with van der Waals surface area (Å²) in [6, 6.07) is 17.9. The molecule has 2 aliphatic heterocycles. The molecule has 0 aliphatic carbocycles. The highest BCUT2D eigenvalue weighted by Gasteiger charge is 2.44. The molecule has 0 N–H and O–H groups in total. The van der Waals surface area contributed by atoms with Crippen LogP contribution in [0.3, 0.4) is 0 Å². The molecule has 2 aliphatic rings. The van der Waals surface area contributed by atoms with Crippen LogP contribution in [-0.4, -0.2) is 87.7 Å². The molecule has 0 saturated heterocycles. The van der Waals surface area contributed by atoms with Gasteiger partial charge in [0.1, 0.15) is 0 Å². The van der Waals surface area contributed by atoms with E-state index >= 15 is 0 Å². The molecule has 45 heavy (non-hydrogen) atoms. The predicted octanol–water partition coefficient (Wildman–Crippen LogP) is -1.22. The van der Waals surface area contributed by atoms with Crippen molar-refractivity contribution in [1.82, 2.24) is 0 Å². The molecule has 2 aromatic carbocycles. The number of hydrogen-bond donors (Lipinski definition) is 0. The fourth-order valence-electron chi connectivity index (χ4n) is 6.54. The minimum atomic E-state index is -0.0487. The SMILES string of the molecule is CC1(C)C(/C=C/C(Br)=C/C=C2/N(CCC[N+](C)(C)C)c3ccccc3C2(C)C)=[N+](CCC[N+](C)(C)C)c2ccccc21.[Br-].[Br-].[Br-]. The Labute approximate surface area is 314 Å². The maximum Gasteiger partial charge on any atom is 0.209 e. The summed E-state index contributed by atoms with van der Waals surface area (Å²) in [7, 11) is 13.7. The first-order chi connectivity index (χ1) is 19.5. The van der Waals surface area contributed by atoms with Gasteiger partial charge in [-0.05, 0) is 43.7 Å². The minimum Gasteiger partial charge on any atom is -1.00 e. The Hall–Kier alpha value is -1.03. The highest BCUT2D eigenvalue weighted by Crippen LogP contribution is 2.47. The van der Waals surface area contributed by atoms with Crippen molar-refractivity contribution in [2.45, 2.75) is 51.4 Å². The van der Waals surface area contributed by atoms with Gasteiger partial charge in [0.15, 0.2) is 12.3 Å². The van der Waals surface area contributed by atoms with E-state index in [0.29, 0.717) is 0 Å². The minimum absolute atomic E-state index is 0. The second-order valence-electron chi connectivity index (χ2n) is 15.1. The number of halogens is 4. The summed E-state index contributed by atoms with van der Waals surface area (Å²) in [5, 5.41) is 0. The lowest BCUT2D eigenvalue weighted by molar-refractivity contribution is -0.871. The van der Waals surface area contributed by atoms with Gasteiger partial charge in [-0.2, -0.15) is 4.58 Å². The molecule has 8 heteroatoms. The third kappa shape index (κ3) is 9.99. The fraction of sp³-hybridized carbons (Fsp3) is 0.486. The second-order valence-corrected chi connectivity index (χ2v) is 16.1. The topological polar surface area (TPSA) is 6.25 Å². The third-order valence-corrected chi connectivity index (χ3v) is 9.35. The molecule has 0 saturated carbocycles. The zero-order chi connectivity index (χ0) is 30.9. The van der Waals surface area contributed by atoms with Crippen LogP contribution in [0.15, 0.2) is 83.0 Å². The largest absolute Gasteiger partial charge is 1.00 e. The van der Waals surface area contributed by atoms with Crippen molar-refractivity contribution < 1.29 is 64.5 Å². The van der Waals surface area contributed by atoms with Crippen LogP contribution in [0.4, 0.5) is 11.4 Å². The van der Waals surface area contributed by atoms with Crippen molar-refractivity contribution >= 4 is 33.0 Å². The summed E-state index contributed by atoms with van der Waals surface area (Å²) >= 11 is 3.91. The van der Waals surface area contributed by atoms with E-state index in [2.05, 4.69) is 168 Å². The van der Waals surface area contributed by atoms with Gasteiger partial charge in [-0.1, -0.05) is 66.2 Å². The Balaban J connectivity index is 0.00000337. The van der Waals surface area contributed by atoms with Gasteiger partial charge in [0.2, 0.25) is 5.69 Å². The normalized spacial score (nSPS) is 18.0. The van der Waals surface area contributed by atoms with E-state index in [1.54, 1.807) is 0 Å². The van der Waals surface area contributed by atoms with Crippen molar-refractivity contribution in [2.75, 3.05) is 73.4 Å². The van der Waals surface area contributed by atoms with Crippen LogP contribution in [0.5, 0.6) is 0 Å². The van der Waals surface area contributed by atoms with E-state index in [1.807, 2.05) is 0 Å². The Kier molecular flexibility index (Phi) is 15.3. The van der Waals surface area contributed by atoms with E-state index in [9.17, 15) is 0 Å². The Bertz CT molecular complexity index is 1420. The van der Waals surface area contributed by atoms with Gasteiger partial charge in [0, 0.05) is 52.0 Å². The van der Waals surface area contributed by atoms with Crippen LogP contribution < -0.4 is 55.8 Å². The monoisotopic (exact) mass is 870 g/mol. The highest BCUT2D eigenvalue weighted by molar-refractivity contribution is 9.11. The van der Waals surface area contributed by atoms with Crippen molar-refractivity contribution in [1.29, 1.82) is 0 Å². The molecule has 250 valence electrons. The fourth-order valence-corrected chi connectivity index (χ4v) is 6.81.